The van der Waals surface area contributed by atoms with E-state index < -0.39 is 5.82 Å². The standard InChI is InChI=1S/C19H18FN5O/c20-15-10-24-18-14(4-6-22-18)17(15)13-8-16(23-9-13)19(26)25(7-1-5-21)11-12-2-3-12/h4,6,8-10,12,23H,1-3,7,11H2,(H,22,24). The van der Waals surface area contributed by atoms with Crippen LogP contribution < -0.4 is 0 Å². The highest BCUT2D eigenvalue weighted by Gasteiger charge is 2.28. The van der Waals surface area contributed by atoms with Crippen LogP contribution in [0.2, 0.25) is 0 Å². The van der Waals surface area contributed by atoms with Gasteiger partial charge in [0.25, 0.3) is 5.91 Å². The fourth-order valence-corrected chi connectivity index (χ4v) is 3.18. The van der Waals surface area contributed by atoms with E-state index in [2.05, 4.69) is 21.0 Å². The molecule has 1 amide bonds. The summed E-state index contributed by atoms with van der Waals surface area (Å²) in [6.45, 7) is 1.08. The lowest BCUT2D eigenvalue weighted by molar-refractivity contribution is 0.0746. The molecule has 3 aromatic heterocycles. The van der Waals surface area contributed by atoms with Crippen molar-refractivity contribution in [2.45, 2.75) is 19.3 Å². The monoisotopic (exact) mass is 351 g/mol. The summed E-state index contributed by atoms with van der Waals surface area (Å²) >= 11 is 0. The normalized spacial score (nSPS) is 13.7. The third-order valence-electron chi connectivity index (χ3n) is 4.70. The minimum absolute atomic E-state index is 0.154. The zero-order chi connectivity index (χ0) is 18.1. The van der Waals surface area contributed by atoms with Crippen LogP contribution in [-0.4, -0.2) is 38.8 Å². The Labute approximate surface area is 149 Å². The number of H-pyrrole nitrogens is 2. The lowest BCUT2D eigenvalue weighted by Crippen LogP contribution is -2.34. The summed E-state index contributed by atoms with van der Waals surface area (Å²) in [5, 5.41) is 9.50. The van der Waals surface area contributed by atoms with Gasteiger partial charge in [-0.1, -0.05) is 0 Å². The highest BCUT2D eigenvalue weighted by atomic mass is 19.1. The van der Waals surface area contributed by atoms with E-state index in [1.54, 1.807) is 29.4 Å². The Kier molecular flexibility index (Phi) is 4.17. The molecule has 0 aromatic carbocycles. The number of hydrogen-bond acceptors (Lipinski definition) is 3. The number of amides is 1. The molecule has 0 atom stereocenters. The van der Waals surface area contributed by atoms with Crippen LogP contribution in [0.5, 0.6) is 0 Å². The van der Waals surface area contributed by atoms with Crippen molar-refractivity contribution < 1.29 is 9.18 Å². The fraction of sp³-hybridized carbons (Fsp3) is 0.316. The predicted octanol–water partition coefficient (Wildman–Crippen LogP) is 3.46. The average Bonchev–Trinajstić information content (AvgIpc) is 3.13. The molecule has 1 aliphatic rings. The summed E-state index contributed by atoms with van der Waals surface area (Å²) < 4.78 is 14.4. The molecule has 4 rings (SSSR count). The molecule has 3 aromatic rings. The largest absolute Gasteiger partial charge is 0.357 e. The van der Waals surface area contributed by atoms with Crippen molar-refractivity contribution in [3.05, 3.63) is 42.2 Å². The van der Waals surface area contributed by atoms with E-state index >= 15 is 0 Å². The van der Waals surface area contributed by atoms with Crippen LogP contribution in [0.4, 0.5) is 4.39 Å². The first-order valence-electron chi connectivity index (χ1n) is 8.64. The summed E-state index contributed by atoms with van der Waals surface area (Å²) in [7, 11) is 0. The van der Waals surface area contributed by atoms with Crippen molar-refractivity contribution in [3.63, 3.8) is 0 Å². The molecular weight excluding hydrogens is 333 g/mol. The van der Waals surface area contributed by atoms with E-state index in [-0.39, 0.29) is 5.91 Å². The van der Waals surface area contributed by atoms with Gasteiger partial charge >= 0.3 is 0 Å². The fourth-order valence-electron chi connectivity index (χ4n) is 3.18. The van der Waals surface area contributed by atoms with Gasteiger partial charge < -0.3 is 14.9 Å². The minimum atomic E-state index is -0.436. The number of aromatic nitrogens is 3. The predicted molar refractivity (Wildman–Crippen MR) is 94.7 cm³/mol. The van der Waals surface area contributed by atoms with E-state index in [1.807, 2.05) is 0 Å². The Bertz CT molecular complexity index is 995. The molecule has 0 spiro atoms. The summed E-state index contributed by atoms with van der Waals surface area (Å²) in [5.74, 6) is -0.0585. The number of hydrogen-bond donors (Lipinski definition) is 2. The average molecular weight is 351 g/mol. The Morgan fingerprint density at radius 2 is 2.27 bits per heavy atom. The van der Waals surface area contributed by atoms with Gasteiger partial charge in [-0.3, -0.25) is 4.79 Å². The van der Waals surface area contributed by atoms with Crippen LogP contribution >= 0.6 is 0 Å². The molecule has 0 saturated heterocycles. The molecule has 26 heavy (non-hydrogen) atoms. The van der Waals surface area contributed by atoms with Crippen LogP contribution in [-0.2, 0) is 0 Å². The van der Waals surface area contributed by atoms with E-state index in [9.17, 15) is 9.18 Å². The molecule has 1 saturated carbocycles. The van der Waals surface area contributed by atoms with E-state index in [0.717, 1.165) is 12.8 Å². The summed E-state index contributed by atoms with van der Waals surface area (Å²) in [4.78, 5) is 24.5. The van der Waals surface area contributed by atoms with Gasteiger partial charge in [-0.05, 0) is 30.9 Å². The second-order valence-electron chi connectivity index (χ2n) is 6.63. The maximum atomic E-state index is 14.4. The Balaban J connectivity index is 1.64. The number of nitrogens with zero attached hydrogens (tertiary/aromatic N) is 3. The number of carbonyl (C=O) groups is 1. The molecule has 1 aliphatic carbocycles. The molecule has 2 N–H and O–H groups in total. The molecule has 1 fully saturated rings. The summed E-state index contributed by atoms with van der Waals surface area (Å²) in [5.41, 5.74) is 2.01. The maximum Gasteiger partial charge on any atom is 0.270 e. The van der Waals surface area contributed by atoms with Crippen LogP contribution in [0.15, 0.2) is 30.7 Å². The van der Waals surface area contributed by atoms with Gasteiger partial charge in [0.2, 0.25) is 0 Å². The first kappa shape index (κ1) is 16.3. The molecule has 3 heterocycles. The van der Waals surface area contributed by atoms with Crippen LogP contribution in [0.3, 0.4) is 0 Å². The van der Waals surface area contributed by atoms with Gasteiger partial charge in [0.1, 0.15) is 17.2 Å². The summed E-state index contributed by atoms with van der Waals surface area (Å²) in [6.07, 6.45) is 7.07. The lowest BCUT2D eigenvalue weighted by Gasteiger charge is -2.20. The van der Waals surface area contributed by atoms with Gasteiger partial charge in [-0.25, -0.2) is 9.37 Å². The SMILES string of the molecule is N#CCCN(CC1CC1)C(=O)c1cc(-c2c(F)cnc3[nH]ccc23)c[nH]1. The van der Waals surface area contributed by atoms with Crippen molar-refractivity contribution in [2.75, 3.05) is 13.1 Å². The topological polar surface area (TPSA) is 88.6 Å². The number of halogens is 1. The molecule has 0 bridgehead atoms. The van der Waals surface area contributed by atoms with Crippen molar-refractivity contribution >= 4 is 16.9 Å². The highest BCUT2D eigenvalue weighted by Crippen LogP contribution is 2.32. The Morgan fingerprint density at radius 3 is 3.04 bits per heavy atom. The molecule has 7 heteroatoms. The second-order valence-corrected chi connectivity index (χ2v) is 6.63. The second kappa shape index (κ2) is 6.64. The zero-order valence-corrected chi connectivity index (χ0v) is 14.1. The minimum Gasteiger partial charge on any atom is -0.357 e. The molecule has 0 aliphatic heterocycles. The molecule has 6 nitrogen and oxygen atoms in total. The van der Waals surface area contributed by atoms with Gasteiger partial charge in [-0.15, -0.1) is 0 Å². The Hall–Kier alpha value is -3.14. The quantitative estimate of drug-likeness (QED) is 0.713. The zero-order valence-electron chi connectivity index (χ0n) is 14.1. The first-order valence-corrected chi connectivity index (χ1v) is 8.64. The number of fused-ring (bicyclic) bond motifs is 1. The van der Waals surface area contributed by atoms with Gasteiger partial charge in [0, 0.05) is 42.0 Å². The number of rotatable bonds is 6. The van der Waals surface area contributed by atoms with Crippen molar-refractivity contribution in [1.29, 1.82) is 5.26 Å². The third kappa shape index (κ3) is 3.06. The van der Waals surface area contributed by atoms with Crippen molar-refractivity contribution in [2.24, 2.45) is 5.92 Å². The molecule has 0 radical (unpaired) electrons. The number of nitriles is 1. The molecule has 0 unspecified atom stereocenters. The molecular formula is C19H18FN5O. The first-order chi connectivity index (χ1) is 12.7. The maximum absolute atomic E-state index is 14.4. The number of nitrogens with one attached hydrogen (secondary N) is 2. The van der Waals surface area contributed by atoms with Crippen molar-refractivity contribution in [1.82, 2.24) is 19.9 Å². The number of carbonyl (C=O) groups excluding carboxylic acids is 1. The smallest absolute Gasteiger partial charge is 0.270 e. The van der Waals surface area contributed by atoms with E-state index in [4.69, 9.17) is 5.26 Å². The number of aromatic amines is 2. The Morgan fingerprint density at radius 1 is 1.42 bits per heavy atom. The van der Waals surface area contributed by atoms with Gasteiger partial charge in [0.05, 0.1) is 18.7 Å². The van der Waals surface area contributed by atoms with Crippen LogP contribution in [0, 0.1) is 23.1 Å². The number of pyridine rings is 1. The summed E-state index contributed by atoms with van der Waals surface area (Å²) in [6, 6.07) is 5.52. The van der Waals surface area contributed by atoms with Gasteiger partial charge in [-0.2, -0.15) is 5.26 Å². The van der Waals surface area contributed by atoms with Crippen LogP contribution in [0.1, 0.15) is 29.8 Å². The lowest BCUT2D eigenvalue weighted by atomic mass is 10.1. The highest BCUT2D eigenvalue weighted by molar-refractivity contribution is 5.97. The van der Waals surface area contributed by atoms with E-state index in [0.29, 0.717) is 53.3 Å². The van der Waals surface area contributed by atoms with Gasteiger partial charge in [0.15, 0.2) is 0 Å². The molecule has 132 valence electrons. The van der Waals surface area contributed by atoms with Crippen LogP contribution in [0.25, 0.3) is 22.2 Å². The van der Waals surface area contributed by atoms with Crippen molar-refractivity contribution in [3.8, 4) is 17.2 Å². The van der Waals surface area contributed by atoms with E-state index in [1.165, 1.54) is 6.20 Å². The third-order valence-corrected chi connectivity index (χ3v) is 4.70.